The van der Waals surface area contributed by atoms with Crippen molar-refractivity contribution < 1.29 is 19.4 Å². The minimum Gasteiger partial charge on any atom is -0.480 e. The van der Waals surface area contributed by atoms with Gasteiger partial charge in [-0.3, -0.25) is 14.7 Å². The van der Waals surface area contributed by atoms with E-state index >= 15 is 0 Å². The summed E-state index contributed by atoms with van der Waals surface area (Å²) in [4.78, 5) is 31.2. The Morgan fingerprint density at radius 1 is 1.17 bits per heavy atom. The topological polar surface area (TPSA) is 91.8 Å². The molecule has 35 heavy (non-hydrogen) atoms. The van der Waals surface area contributed by atoms with Gasteiger partial charge in [-0.25, -0.2) is 4.79 Å². The van der Waals surface area contributed by atoms with E-state index in [1.54, 1.807) is 18.2 Å². The third kappa shape index (κ3) is 6.94. The zero-order chi connectivity index (χ0) is 24.8. The summed E-state index contributed by atoms with van der Waals surface area (Å²) in [5, 5.41) is 12.6. The average Bonchev–Trinajstić information content (AvgIpc) is 3.28. The molecule has 0 saturated carbocycles. The van der Waals surface area contributed by atoms with Crippen molar-refractivity contribution >= 4 is 35.1 Å². The maximum atomic E-state index is 12.6. The molecule has 1 aromatic heterocycles. The number of ether oxygens (including phenoxy) is 1. The molecule has 1 aliphatic carbocycles. The van der Waals surface area contributed by atoms with Crippen LogP contribution in [0.2, 0.25) is 10.0 Å². The van der Waals surface area contributed by atoms with Crippen molar-refractivity contribution in [3.63, 3.8) is 0 Å². The number of carboxylic acids is 1. The van der Waals surface area contributed by atoms with E-state index in [1.807, 2.05) is 4.90 Å². The number of amides is 1. The zero-order valence-corrected chi connectivity index (χ0v) is 21.2. The molecule has 4 rings (SSSR count). The Hall–Kier alpha value is -2.19. The van der Waals surface area contributed by atoms with Crippen molar-refractivity contribution in [2.75, 3.05) is 26.2 Å². The Kier molecular flexibility index (Phi) is 9.00. The van der Waals surface area contributed by atoms with Crippen LogP contribution < -0.4 is 5.32 Å². The minimum absolute atomic E-state index is 0.0506. The van der Waals surface area contributed by atoms with E-state index in [0.29, 0.717) is 19.7 Å². The molecule has 2 aliphatic rings. The highest BCUT2D eigenvalue weighted by Crippen LogP contribution is 2.24. The Bertz CT molecular complexity index is 1040. The molecular weight excluding hydrogens is 489 g/mol. The van der Waals surface area contributed by atoms with Gasteiger partial charge in [0.1, 0.15) is 6.04 Å². The van der Waals surface area contributed by atoms with E-state index in [1.165, 1.54) is 24.1 Å². The van der Waals surface area contributed by atoms with Gasteiger partial charge in [0, 0.05) is 37.6 Å². The first-order chi connectivity index (χ1) is 16.9. The second-order valence-corrected chi connectivity index (χ2v) is 10.0. The van der Waals surface area contributed by atoms with Crippen molar-refractivity contribution in [2.45, 2.75) is 57.1 Å². The molecule has 1 saturated heterocycles. The van der Waals surface area contributed by atoms with Gasteiger partial charge in [-0.1, -0.05) is 35.3 Å². The molecule has 1 amide bonds. The number of likely N-dealkylation sites (tertiary alicyclic amines) is 1. The molecule has 9 heteroatoms. The Balaban J connectivity index is 1.21. The molecule has 2 atom stereocenters. The van der Waals surface area contributed by atoms with Crippen LogP contribution in [0.4, 0.5) is 0 Å². The molecule has 2 N–H and O–H groups in total. The van der Waals surface area contributed by atoms with Crippen LogP contribution in [0.1, 0.15) is 53.0 Å². The van der Waals surface area contributed by atoms with Crippen LogP contribution >= 0.6 is 23.2 Å². The maximum Gasteiger partial charge on any atom is 0.327 e. The predicted octanol–water partition coefficient (Wildman–Crippen LogP) is 4.17. The lowest BCUT2D eigenvalue weighted by molar-refractivity contribution is -0.139. The van der Waals surface area contributed by atoms with Crippen molar-refractivity contribution in [3.05, 3.63) is 62.9 Å². The fraction of sp³-hybridized carbons (Fsp3) is 0.500. The van der Waals surface area contributed by atoms with Crippen LogP contribution in [-0.4, -0.2) is 65.3 Å². The summed E-state index contributed by atoms with van der Waals surface area (Å²) >= 11 is 12.2. The van der Waals surface area contributed by atoms with Crippen molar-refractivity contribution in [1.29, 1.82) is 0 Å². The number of aliphatic carboxylic acids is 1. The van der Waals surface area contributed by atoms with Gasteiger partial charge in [0.05, 0.1) is 21.7 Å². The molecule has 0 spiro atoms. The fourth-order valence-corrected chi connectivity index (χ4v) is 5.33. The zero-order valence-electron chi connectivity index (χ0n) is 19.6. The van der Waals surface area contributed by atoms with Gasteiger partial charge < -0.3 is 15.2 Å². The lowest BCUT2D eigenvalue weighted by atomic mass is 9.95. The van der Waals surface area contributed by atoms with E-state index in [-0.39, 0.29) is 28.3 Å². The first-order valence-electron chi connectivity index (χ1n) is 12.2. The van der Waals surface area contributed by atoms with Gasteiger partial charge in [0.15, 0.2) is 0 Å². The standard InChI is InChI=1S/C26H31Cl2N3O4/c27-20-7-3-8-21(28)24(20)25(32)30-23(26(33)34)16-31-13-12-19(15-31)35-14-4-6-18-11-10-17-5-1-2-9-22(17)29-18/h3,7-8,10-11,19,23H,1-2,4-6,9,12-16H2,(H,30,32)(H,33,34). The SMILES string of the molecule is O=C(NC(CN1CCC(OCCCc2ccc3c(n2)CCCC3)C1)C(=O)O)c1c(Cl)cccc1Cl. The molecule has 0 radical (unpaired) electrons. The number of carbonyl (C=O) groups excluding carboxylic acids is 1. The number of aromatic nitrogens is 1. The summed E-state index contributed by atoms with van der Waals surface area (Å²) in [6, 6.07) is 8.00. The Labute approximate surface area is 215 Å². The largest absolute Gasteiger partial charge is 0.480 e. The molecule has 2 unspecified atom stereocenters. The Morgan fingerprint density at radius 3 is 2.71 bits per heavy atom. The first-order valence-corrected chi connectivity index (χ1v) is 13.0. The van der Waals surface area contributed by atoms with Crippen LogP contribution in [0.25, 0.3) is 0 Å². The molecule has 1 aromatic carbocycles. The number of hydrogen-bond acceptors (Lipinski definition) is 5. The van der Waals surface area contributed by atoms with E-state index in [0.717, 1.165) is 37.8 Å². The van der Waals surface area contributed by atoms with Gasteiger partial charge in [-0.2, -0.15) is 0 Å². The summed E-state index contributed by atoms with van der Waals surface area (Å²) in [6.45, 7) is 2.16. The molecule has 188 valence electrons. The molecule has 2 heterocycles. The van der Waals surface area contributed by atoms with Gasteiger partial charge >= 0.3 is 5.97 Å². The summed E-state index contributed by atoms with van der Waals surface area (Å²) < 4.78 is 6.05. The van der Waals surface area contributed by atoms with E-state index in [4.69, 9.17) is 32.9 Å². The number of benzene rings is 1. The van der Waals surface area contributed by atoms with E-state index in [2.05, 4.69) is 17.4 Å². The number of aryl methyl sites for hydroxylation is 3. The van der Waals surface area contributed by atoms with Crippen LogP contribution in [0, 0.1) is 0 Å². The van der Waals surface area contributed by atoms with Crippen LogP contribution in [0.3, 0.4) is 0 Å². The molecule has 2 aromatic rings. The average molecular weight is 520 g/mol. The van der Waals surface area contributed by atoms with Crippen molar-refractivity contribution in [3.8, 4) is 0 Å². The third-order valence-corrected chi connectivity index (χ3v) is 7.26. The predicted molar refractivity (Wildman–Crippen MR) is 135 cm³/mol. The van der Waals surface area contributed by atoms with Gasteiger partial charge in [0.25, 0.3) is 5.91 Å². The number of carboxylic acid groups (broad SMARTS) is 1. The van der Waals surface area contributed by atoms with E-state index in [9.17, 15) is 14.7 Å². The van der Waals surface area contributed by atoms with Crippen molar-refractivity contribution in [2.24, 2.45) is 0 Å². The van der Waals surface area contributed by atoms with Crippen LogP contribution in [0.5, 0.6) is 0 Å². The Morgan fingerprint density at radius 2 is 1.94 bits per heavy atom. The number of nitrogens with zero attached hydrogens (tertiary/aromatic N) is 2. The third-order valence-electron chi connectivity index (χ3n) is 6.63. The fourth-order valence-electron chi connectivity index (χ4n) is 4.76. The number of carbonyl (C=O) groups is 2. The number of halogens is 2. The molecule has 0 bridgehead atoms. The second kappa shape index (κ2) is 12.2. The molecule has 7 nitrogen and oxygen atoms in total. The monoisotopic (exact) mass is 519 g/mol. The molecule has 1 aliphatic heterocycles. The number of rotatable bonds is 10. The molecule has 1 fully saturated rings. The van der Waals surface area contributed by atoms with Gasteiger partial charge in [-0.05, 0) is 68.7 Å². The number of pyridine rings is 1. The summed E-state index contributed by atoms with van der Waals surface area (Å²) in [5.74, 6) is -1.71. The quantitative estimate of drug-likeness (QED) is 0.457. The normalized spacial score (nSPS) is 18.7. The van der Waals surface area contributed by atoms with Crippen LogP contribution in [-0.2, 0) is 28.8 Å². The summed E-state index contributed by atoms with van der Waals surface area (Å²) in [5.41, 5.74) is 3.87. The summed E-state index contributed by atoms with van der Waals surface area (Å²) in [6.07, 6.45) is 7.38. The molecular formula is C26H31Cl2N3O4. The van der Waals surface area contributed by atoms with E-state index < -0.39 is 17.9 Å². The second-order valence-electron chi connectivity index (χ2n) is 9.22. The van der Waals surface area contributed by atoms with Gasteiger partial charge in [-0.15, -0.1) is 0 Å². The highest BCUT2D eigenvalue weighted by molar-refractivity contribution is 6.39. The number of nitrogens with one attached hydrogen (secondary N) is 1. The number of hydrogen-bond donors (Lipinski definition) is 2. The van der Waals surface area contributed by atoms with Crippen molar-refractivity contribution in [1.82, 2.24) is 15.2 Å². The minimum atomic E-state index is -1.11. The lowest BCUT2D eigenvalue weighted by Gasteiger charge is -2.22. The first kappa shape index (κ1) is 25.9. The number of fused-ring (bicyclic) bond motifs is 1. The van der Waals surface area contributed by atoms with Gasteiger partial charge in [0.2, 0.25) is 0 Å². The smallest absolute Gasteiger partial charge is 0.327 e. The maximum absolute atomic E-state index is 12.6. The highest BCUT2D eigenvalue weighted by atomic mass is 35.5. The van der Waals surface area contributed by atoms with Crippen LogP contribution in [0.15, 0.2) is 30.3 Å². The summed E-state index contributed by atoms with van der Waals surface area (Å²) in [7, 11) is 0. The lowest BCUT2D eigenvalue weighted by Crippen LogP contribution is -2.48. The highest BCUT2D eigenvalue weighted by Gasteiger charge is 2.30.